The number of aliphatic hydroxyl groups is 1. The summed E-state index contributed by atoms with van der Waals surface area (Å²) in [6.07, 6.45) is 7.04. The molecule has 2 nitrogen and oxygen atoms in total. The minimum absolute atomic E-state index is 0.343. The van der Waals surface area contributed by atoms with Crippen molar-refractivity contribution < 1.29 is 9.53 Å². The van der Waals surface area contributed by atoms with Gasteiger partial charge in [0.15, 0.2) is 8.32 Å². The van der Waals surface area contributed by atoms with E-state index in [9.17, 15) is 5.11 Å². The van der Waals surface area contributed by atoms with E-state index in [1.54, 1.807) is 0 Å². The number of hydrogen-bond donors (Lipinski definition) is 1. The number of fused-ring (bicyclic) bond motifs is 1. The average molecular weight is 327 g/mol. The zero-order chi connectivity index (χ0) is 16.4. The molecule has 0 bridgehead atoms. The number of rotatable bonds is 7. The first kappa shape index (κ1) is 18.5. The maximum Gasteiger partial charge on any atom is 0.192 e. The summed E-state index contributed by atoms with van der Waals surface area (Å²) in [5.74, 6) is 1.87. The molecule has 3 heteroatoms. The summed E-state index contributed by atoms with van der Waals surface area (Å²) in [6.45, 7) is 12.1. The maximum absolute atomic E-state index is 9.64. The highest BCUT2D eigenvalue weighted by Gasteiger charge is 2.53. The molecule has 2 saturated carbocycles. The van der Waals surface area contributed by atoms with E-state index in [4.69, 9.17) is 4.43 Å². The highest BCUT2D eigenvalue weighted by Crippen LogP contribution is 2.58. The van der Waals surface area contributed by atoms with Crippen LogP contribution < -0.4 is 0 Å². The van der Waals surface area contributed by atoms with Crippen LogP contribution in [0.15, 0.2) is 0 Å². The van der Waals surface area contributed by atoms with Gasteiger partial charge < -0.3 is 9.53 Å². The molecule has 0 aromatic rings. The predicted molar refractivity (Wildman–Crippen MR) is 96.5 cm³/mol. The molecule has 0 saturated heterocycles. The van der Waals surface area contributed by atoms with Crippen molar-refractivity contribution in [3.63, 3.8) is 0 Å². The Labute approximate surface area is 139 Å². The highest BCUT2D eigenvalue weighted by atomic mass is 28.4. The van der Waals surface area contributed by atoms with Crippen LogP contribution in [-0.4, -0.2) is 26.1 Å². The molecule has 2 fully saturated rings. The van der Waals surface area contributed by atoms with Crippen LogP contribution in [0.1, 0.15) is 66.7 Å². The van der Waals surface area contributed by atoms with Crippen LogP contribution in [-0.2, 0) is 4.43 Å². The first-order chi connectivity index (χ1) is 10.5. The molecule has 22 heavy (non-hydrogen) atoms. The lowest BCUT2D eigenvalue weighted by Gasteiger charge is -2.48. The zero-order valence-corrected chi connectivity index (χ0v) is 16.5. The van der Waals surface area contributed by atoms with E-state index in [0.717, 1.165) is 5.92 Å². The molecule has 2 aliphatic carbocycles. The predicted octanol–water partition coefficient (Wildman–Crippen LogP) is 5.22. The van der Waals surface area contributed by atoms with E-state index in [-0.39, 0.29) is 0 Å². The molecule has 2 aliphatic rings. The lowest BCUT2D eigenvalue weighted by atomic mass is 9.62. The van der Waals surface area contributed by atoms with Gasteiger partial charge in [-0.15, -0.1) is 0 Å². The Bertz CT molecular complexity index is 347. The Kier molecular flexibility index (Phi) is 6.18. The van der Waals surface area contributed by atoms with Gasteiger partial charge in [0.25, 0.3) is 0 Å². The van der Waals surface area contributed by atoms with Gasteiger partial charge in [-0.05, 0) is 67.0 Å². The van der Waals surface area contributed by atoms with Crippen molar-refractivity contribution in [3.8, 4) is 0 Å². The summed E-state index contributed by atoms with van der Waals surface area (Å²) in [5, 5.41) is 9.64. The average Bonchev–Trinajstić information content (AvgIpc) is 2.90. The molecule has 2 unspecified atom stereocenters. The Morgan fingerprint density at radius 3 is 2.32 bits per heavy atom. The van der Waals surface area contributed by atoms with Crippen molar-refractivity contribution in [2.45, 2.75) is 91.0 Å². The molecule has 0 radical (unpaired) electrons. The van der Waals surface area contributed by atoms with Gasteiger partial charge in [-0.3, -0.25) is 0 Å². The highest BCUT2D eigenvalue weighted by molar-refractivity contribution is 6.73. The lowest BCUT2D eigenvalue weighted by molar-refractivity contribution is -0.0251. The van der Waals surface area contributed by atoms with Crippen LogP contribution in [0.2, 0.25) is 18.1 Å². The molecule has 0 aromatic heterocycles. The van der Waals surface area contributed by atoms with Gasteiger partial charge >= 0.3 is 0 Å². The van der Waals surface area contributed by atoms with Gasteiger partial charge in [0.05, 0.1) is 0 Å². The summed E-state index contributed by atoms with van der Waals surface area (Å²) in [7, 11) is -1.50. The summed E-state index contributed by atoms with van der Waals surface area (Å²) in [6, 6.07) is 3.78. The molecule has 0 spiro atoms. The van der Waals surface area contributed by atoms with E-state index in [2.05, 4.69) is 34.6 Å². The number of aliphatic hydroxyl groups excluding tert-OH is 1. The van der Waals surface area contributed by atoms with Gasteiger partial charge in [0.2, 0.25) is 0 Å². The Morgan fingerprint density at radius 1 is 1.14 bits per heavy atom. The van der Waals surface area contributed by atoms with Crippen molar-refractivity contribution in [3.05, 3.63) is 0 Å². The molecular weight excluding hydrogens is 288 g/mol. The summed E-state index contributed by atoms with van der Waals surface area (Å²) in [5.41, 5.74) is 0.403. The van der Waals surface area contributed by atoms with Crippen LogP contribution in [0.3, 0.4) is 0 Å². The van der Waals surface area contributed by atoms with E-state index in [1.807, 2.05) is 0 Å². The van der Waals surface area contributed by atoms with Crippen LogP contribution in [0, 0.1) is 23.2 Å². The third kappa shape index (κ3) is 3.18. The van der Waals surface area contributed by atoms with Gasteiger partial charge in [-0.2, -0.15) is 0 Å². The Balaban J connectivity index is 2.16. The van der Waals surface area contributed by atoms with Crippen molar-refractivity contribution >= 4 is 8.32 Å². The van der Waals surface area contributed by atoms with Gasteiger partial charge in [-0.25, -0.2) is 0 Å². The second-order valence-electron chi connectivity index (χ2n) is 8.25. The third-order valence-electron chi connectivity index (χ3n) is 7.44. The van der Waals surface area contributed by atoms with E-state index in [1.165, 1.54) is 50.2 Å². The molecule has 5 atom stereocenters. The van der Waals surface area contributed by atoms with Crippen molar-refractivity contribution in [1.29, 1.82) is 0 Å². The fraction of sp³-hybridized carbons (Fsp3) is 1.00. The van der Waals surface area contributed by atoms with Crippen LogP contribution in [0.4, 0.5) is 0 Å². The fourth-order valence-corrected chi connectivity index (χ4v) is 8.61. The molecular formula is C19H38O2Si. The summed E-state index contributed by atoms with van der Waals surface area (Å²) < 4.78 is 6.94. The van der Waals surface area contributed by atoms with Gasteiger partial charge in [0.1, 0.15) is 0 Å². The van der Waals surface area contributed by atoms with Crippen molar-refractivity contribution in [2.24, 2.45) is 23.2 Å². The SMILES string of the molecule is CC[Si](CC)(CC)OC1CCC[C@@]2(C)C1CC[C@@H]2[C@@H](C)CO. The molecule has 0 amide bonds. The first-order valence-electron chi connectivity index (χ1n) is 9.75. The largest absolute Gasteiger partial charge is 0.414 e. The zero-order valence-electron chi connectivity index (χ0n) is 15.5. The normalized spacial score (nSPS) is 37.1. The first-order valence-corrected chi connectivity index (χ1v) is 12.3. The smallest absolute Gasteiger partial charge is 0.192 e. The standard InChI is InChI=1S/C19H38O2Si/c1-6-22(7-2,8-3)21-18-10-9-13-19(5)16(15(4)14-20)11-12-17(18)19/h15-18,20H,6-14H2,1-5H3/t15-,16+,17?,18?,19+/m0/s1. The van der Waals surface area contributed by atoms with E-state index in [0.29, 0.717) is 30.0 Å². The van der Waals surface area contributed by atoms with E-state index >= 15 is 0 Å². The third-order valence-corrected chi connectivity index (χ3v) is 12.1. The second kappa shape index (κ2) is 7.35. The minimum Gasteiger partial charge on any atom is -0.414 e. The summed E-state index contributed by atoms with van der Waals surface area (Å²) >= 11 is 0. The quantitative estimate of drug-likeness (QED) is 0.650. The molecule has 2 rings (SSSR count). The molecule has 0 heterocycles. The molecule has 1 N–H and O–H groups in total. The molecule has 0 aromatic carbocycles. The molecule has 130 valence electrons. The van der Waals surface area contributed by atoms with Crippen LogP contribution in [0.25, 0.3) is 0 Å². The van der Waals surface area contributed by atoms with Crippen molar-refractivity contribution in [1.82, 2.24) is 0 Å². The fourth-order valence-electron chi connectivity index (χ4n) is 5.68. The van der Waals surface area contributed by atoms with Crippen LogP contribution in [0.5, 0.6) is 0 Å². The van der Waals surface area contributed by atoms with Gasteiger partial charge in [-0.1, -0.05) is 41.0 Å². The second-order valence-corrected chi connectivity index (χ2v) is 13.0. The summed E-state index contributed by atoms with van der Waals surface area (Å²) in [4.78, 5) is 0. The van der Waals surface area contributed by atoms with Gasteiger partial charge in [0, 0.05) is 12.7 Å². The monoisotopic (exact) mass is 326 g/mol. The topological polar surface area (TPSA) is 29.5 Å². The Hall–Kier alpha value is 0.137. The van der Waals surface area contributed by atoms with Crippen molar-refractivity contribution in [2.75, 3.05) is 6.61 Å². The lowest BCUT2D eigenvalue weighted by Crippen LogP contribution is -2.48. The Morgan fingerprint density at radius 2 is 1.77 bits per heavy atom. The van der Waals surface area contributed by atoms with E-state index < -0.39 is 8.32 Å². The number of hydrogen-bond acceptors (Lipinski definition) is 2. The minimum atomic E-state index is -1.50. The van der Waals surface area contributed by atoms with Crippen LogP contribution >= 0.6 is 0 Å². The maximum atomic E-state index is 9.64. The molecule has 0 aliphatic heterocycles.